The maximum atomic E-state index is 13.6. The van der Waals surface area contributed by atoms with E-state index in [4.69, 9.17) is 4.74 Å². The summed E-state index contributed by atoms with van der Waals surface area (Å²) in [4.78, 5) is 32.7. The number of hydrogen-bond acceptors (Lipinski definition) is 5. The summed E-state index contributed by atoms with van der Waals surface area (Å²) in [6, 6.07) is 19.1. The van der Waals surface area contributed by atoms with Crippen molar-refractivity contribution in [3.8, 4) is 5.75 Å². The molecule has 8 heteroatoms. The number of rotatable bonds is 8. The Labute approximate surface area is 231 Å². The summed E-state index contributed by atoms with van der Waals surface area (Å²) in [6.45, 7) is 12.4. The largest absolute Gasteiger partial charge is 0.495 e. The molecular weight excluding hydrogens is 490 g/mol. The number of amides is 3. The number of piperazine rings is 1. The van der Waals surface area contributed by atoms with Gasteiger partial charge in [0.2, 0.25) is 0 Å². The molecule has 0 saturated carbocycles. The summed E-state index contributed by atoms with van der Waals surface area (Å²) in [6.07, 6.45) is 0. The molecule has 206 valence electrons. The summed E-state index contributed by atoms with van der Waals surface area (Å²) in [7, 11) is 1.69. The third-order valence-electron chi connectivity index (χ3n) is 7.35. The van der Waals surface area contributed by atoms with Crippen molar-refractivity contribution in [2.75, 3.05) is 66.8 Å². The van der Waals surface area contributed by atoms with Crippen molar-refractivity contribution in [1.29, 1.82) is 0 Å². The predicted octanol–water partition coefficient (Wildman–Crippen LogP) is 5.76. The zero-order valence-corrected chi connectivity index (χ0v) is 23.6. The van der Waals surface area contributed by atoms with Gasteiger partial charge in [-0.3, -0.25) is 4.79 Å². The van der Waals surface area contributed by atoms with Gasteiger partial charge in [-0.15, -0.1) is 0 Å². The molecule has 0 unspecified atom stereocenters. The lowest BCUT2D eigenvalue weighted by molar-refractivity contribution is 0.0773. The van der Waals surface area contributed by atoms with Crippen LogP contribution in [0.1, 0.15) is 35.3 Å². The molecule has 3 amide bonds. The number of nitrogens with one attached hydrogen (secondary N) is 2. The van der Waals surface area contributed by atoms with Crippen LogP contribution in [0.4, 0.5) is 27.5 Å². The number of nitrogens with zero attached hydrogens (tertiary/aromatic N) is 3. The number of methoxy groups -OCH3 is 1. The van der Waals surface area contributed by atoms with Gasteiger partial charge in [-0.1, -0.05) is 18.2 Å². The number of benzene rings is 3. The molecule has 4 rings (SSSR count). The van der Waals surface area contributed by atoms with E-state index in [-0.39, 0.29) is 11.9 Å². The number of urea groups is 1. The maximum Gasteiger partial charge on any atom is 0.323 e. The number of aryl methyl sites for hydroxylation is 2. The smallest absolute Gasteiger partial charge is 0.323 e. The van der Waals surface area contributed by atoms with Crippen molar-refractivity contribution in [1.82, 2.24) is 4.90 Å². The van der Waals surface area contributed by atoms with Crippen LogP contribution >= 0.6 is 0 Å². The van der Waals surface area contributed by atoms with Gasteiger partial charge in [0, 0.05) is 56.3 Å². The summed E-state index contributed by atoms with van der Waals surface area (Å²) < 4.78 is 5.56. The number of anilines is 4. The molecule has 1 fully saturated rings. The van der Waals surface area contributed by atoms with Crippen LogP contribution in [0.3, 0.4) is 0 Å². The van der Waals surface area contributed by atoms with Crippen LogP contribution in [0, 0.1) is 13.8 Å². The van der Waals surface area contributed by atoms with Crippen LogP contribution < -0.4 is 25.2 Å². The first-order valence-corrected chi connectivity index (χ1v) is 13.6. The number of carbonyl (C=O) groups excluding carboxylic acids is 2. The van der Waals surface area contributed by atoms with Gasteiger partial charge in [0.1, 0.15) is 5.75 Å². The molecule has 0 atom stereocenters. The quantitative estimate of drug-likeness (QED) is 0.388. The summed E-state index contributed by atoms with van der Waals surface area (Å²) in [5.41, 5.74) is 6.12. The zero-order valence-electron chi connectivity index (χ0n) is 23.6. The van der Waals surface area contributed by atoms with E-state index in [1.165, 1.54) is 5.56 Å². The minimum absolute atomic E-state index is 0.0413. The third kappa shape index (κ3) is 6.45. The molecule has 1 heterocycles. The second-order valence-corrected chi connectivity index (χ2v) is 9.73. The number of para-hydroxylation sites is 2. The molecule has 2 N–H and O–H groups in total. The molecule has 0 bridgehead atoms. The Morgan fingerprint density at radius 1 is 0.795 bits per heavy atom. The fraction of sp³-hybridized carbons (Fsp3) is 0.355. The SMILES string of the molecule is CCN(CC)C(=O)c1cc(NC(=O)Nc2ccc(C)c(C)c2)ccc1N1CCN(c2ccccc2OC)CC1. The monoisotopic (exact) mass is 529 g/mol. The van der Waals surface area contributed by atoms with E-state index in [0.717, 1.165) is 54.6 Å². The Kier molecular flexibility index (Phi) is 8.96. The van der Waals surface area contributed by atoms with E-state index in [2.05, 4.69) is 26.5 Å². The van der Waals surface area contributed by atoms with Crippen molar-refractivity contribution in [2.24, 2.45) is 0 Å². The minimum Gasteiger partial charge on any atom is -0.495 e. The standard InChI is InChI=1S/C31H39N5O3/c1-6-34(7-2)30(37)26-21-25(33-31(38)32-24-13-12-22(3)23(4)20-24)14-15-27(26)35-16-18-36(19-17-35)28-10-8-9-11-29(28)39-5/h8-15,20-21H,6-7,16-19H2,1-5H3,(H2,32,33,38). The Morgan fingerprint density at radius 3 is 2.00 bits per heavy atom. The summed E-state index contributed by atoms with van der Waals surface area (Å²) in [5, 5.41) is 5.79. The Balaban J connectivity index is 1.54. The molecule has 8 nitrogen and oxygen atoms in total. The van der Waals surface area contributed by atoms with Gasteiger partial charge in [-0.2, -0.15) is 0 Å². The van der Waals surface area contributed by atoms with Gasteiger partial charge < -0.3 is 30.1 Å². The van der Waals surface area contributed by atoms with Crippen LogP contribution in [0.2, 0.25) is 0 Å². The number of carbonyl (C=O) groups is 2. The average Bonchev–Trinajstić information content (AvgIpc) is 2.95. The first kappa shape index (κ1) is 27.8. The highest BCUT2D eigenvalue weighted by Gasteiger charge is 2.25. The molecule has 0 spiro atoms. The fourth-order valence-electron chi connectivity index (χ4n) is 4.93. The van der Waals surface area contributed by atoms with Crippen molar-refractivity contribution in [3.63, 3.8) is 0 Å². The van der Waals surface area contributed by atoms with Crippen molar-refractivity contribution >= 4 is 34.7 Å². The van der Waals surface area contributed by atoms with Gasteiger partial charge in [-0.25, -0.2) is 4.79 Å². The molecule has 1 aliphatic heterocycles. The van der Waals surface area contributed by atoms with E-state index < -0.39 is 0 Å². The molecule has 3 aromatic carbocycles. The second-order valence-electron chi connectivity index (χ2n) is 9.73. The van der Waals surface area contributed by atoms with Crippen molar-refractivity contribution < 1.29 is 14.3 Å². The number of hydrogen-bond donors (Lipinski definition) is 2. The van der Waals surface area contributed by atoms with Crippen LogP contribution in [0.5, 0.6) is 5.75 Å². The topological polar surface area (TPSA) is 77.2 Å². The Bertz CT molecular complexity index is 1310. The van der Waals surface area contributed by atoms with Crippen LogP contribution in [-0.4, -0.2) is 63.2 Å². The molecule has 0 aromatic heterocycles. The molecule has 1 aliphatic rings. The molecule has 0 aliphatic carbocycles. The normalized spacial score (nSPS) is 13.2. The summed E-state index contributed by atoms with van der Waals surface area (Å²) in [5.74, 6) is 0.818. The van der Waals surface area contributed by atoms with Crippen molar-refractivity contribution in [2.45, 2.75) is 27.7 Å². The second kappa shape index (κ2) is 12.6. The lowest BCUT2D eigenvalue weighted by atomic mass is 10.1. The first-order chi connectivity index (χ1) is 18.8. The lowest BCUT2D eigenvalue weighted by Crippen LogP contribution is -2.47. The van der Waals surface area contributed by atoms with Crippen LogP contribution in [0.15, 0.2) is 60.7 Å². The Morgan fingerprint density at radius 2 is 1.38 bits per heavy atom. The highest BCUT2D eigenvalue weighted by Crippen LogP contribution is 2.31. The van der Waals surface area contributed by atoms with Crippen LogP contribution in [0.25, 0.3) is 0 Å². The van der Waals surface area contributed by atoms with E-state index in [1.54, 1.807) is 13.2 Å². The predicted molar refractivity (Wildman–Crippen MR) is 160 cm³/mol. The molecular formula is C31H39N5O3. The highest BCUT2D eigenvalue weighted by atomic mass is 16.5. The number of ether oxygens (including phenoxy) is 1. The first-order valence-electron chi connectivity index (χ1n) is 13.6. The molecule has 3 aromatic rings. The third-order valence-corrected chi connectivity index (χ3v) is 7.35. The lowest BCUT2D eigenvalue weighted by Gasteiger charge is -2.38. The maximum absolute atomic E-state index is 13.6. The fourth-order valence-corrected chi connectivity index (χ4v) is 4.93. The molecule has 1 saturated heterocycles. The molecule has 39 heavy (non-hydrogen) atoms. The average molecular weight is 530 g/mol. The van der Waals surface area contributed by atoms with Gasteiger partial charge >= 0.3 is 6.03 Å². The van der Waals surface area contributed by atoms with E-state index in [1.807, 2.05) is 81.1 Å². The van der Waals surface area contributed by atoms with Crippen LogP contribution in [-0.2, 0) is 0 Å². The zero-order chi connectivity index (χ0) is 27.9. The van der Waals surface area contributed by atoms with E-state index in [0.29, 0.717) is 24.3 Å². The minimum atomic E-state index is -0.349. The summed E-state index contributed by atoms with van der Waals surface area (Å²) >= 11 is 0. The van der Waals surface area contributed by atoms with Gasteiger partial charge in [0.25, 0.3) is 5.91 Å². The Hall–Kier alpha value is -4.20. The van der Waals surface area contributed by atoms with E-state index >= 15 is 0 Å². The van der Waals surface area contributed by atoms with Gasteiger partial charge in [-0.05, 0) is 81.3 Å². The van der Waals surface area contributed by atoms with Crippen molar-refractivity contribution in [3.05, 3.63) is 77.4 Å². The highest BCUT2D eigenvalue weighted by molar-refractivity contribution is 6.04. The van der Waals surface area contributed by atoms with Gasteiger partial charge in [0.05, 0.1) is 18.4 Å². The molecule has 0 radical (unpaired) electrons. The van der Waals surface area contributed by atoms with E-state index in [9.17, 15) is 9.59 Å². The van der Waals surface area contributed by atoms with Gasteiger partial charge in [0.15, 0.2) is 0 Å².